The Morgan fingerprint density at radius 2 is 2.04 bits per heavy atom. The van der Waals surface area contributed by atoms with Gasteiger partial charge < -0.3 is 11.1 Å². The Hall–Kier alpha value is -1.99. The summed E-state index contributed by atoms with van der Waals surface area (Å²) >= 11 is 3.47. The maximum absolute atomic E-state index is 6.14. The summed E-state index contributed by atoms with van der Waals surface area (Å²) in [5.74, 6) is 0.475. The molecule has 0 bridgehead atoms. The molecule has 1 aromatic carbocycles. The Balaban J connectivity index is 1.91. The normalized spacial score (nSPS) is 18.4. The molecular weight excluding hydrogens is 356 g/mol. The maximum Gasteiger partial charge on any atom is 0.164 e. The Labute approximate surface area is 142 Å². The third-order valence-electron chi connectivity index (χ3n) is 4.25. The summed E-state index contributed by atoms with van der Waals surface area (Å²) in [7, 11) is 0. The average molecular weight is 373 g/mol. The molecule has 1 aliphatic rings. The van der Waals surface area contributed by atoms with Gasteiger partial charge in [-0.1, -0.05) is 28.1 Å². The van der Waals surface area contributed by atoms with Gasteiger partial charge in [0.2, 0.25) is 0 Å². The van der Waals surface area contributed by atoms with Gasteiger partial charge in [-0.05, 0) is 31.5 Å². The van der Waals surface area contributed by atoms with Crippen molar-refractivity contribution in [3.05, 3.63) is 35.1 Å². The van der Waals surface area contributed by atoms with Gasteiger partial charge in [0.15, 0.2) is 5.65 Å². The van der Waals surface area contributed by atoms with E-state index in [1.165, 1.54) is 6.33 Å². The number of anilines is 1. The van der Waals surface area contributed by atoms with E-state index in [2.05, 4.69) is 31.2 Å². The summed E-state index contributed by atoms with van der Waals surface area (Å²) in [6.07, 6.45) is 3.74. The Morgan fingerprint density at radius 3 is 2.78 bits per heavy atom. The summed E-state index contributed by atoms with van der Waals surface area (Å²) in [6.45, 7) is 1.97. The van der Waals surface area contributed by atoms with Crippen LogP contribution in [-0.4, -0.2) is 32.8 Å². The quantitative estimate of drug-likeness (QED) is 0.722. The van der Waals surface area contributed by atoms with Crippen molar-refractivity contribution < 1.29 is 0 Å². The zero-order valence-corrected chi connectivity index (χ0v) is 14.1. The molecule has 1 atom stereocenters. The topological polar surface area (TPSA) is 81.7 Å². The molecule has 1 aliphatic heterocycles. The molecule has 1 saturated heterocycles. The number of fused-ring (bicyclic) bond motifs is 1. The third kappa shape index (κ3) is 2.60. The van der Waals surface area contributed by atoms with Crippen molar-refractivity contribution in [2.75, 3.05) is 18.8 Å². The number of nitrogens with one attached hydrogen (secondary N) is 1. The van der Waals surface area contributed by atoms with Crippen LogP contribution in [0, 0.1) is 0 Å². The largest absolute Gasteiger partial charge is 0.383 e. The first-order valence-electron chi connectivity index (χ1n) is 7.69. The molecule has 0 aliphatic carbocycles. The Morgan fingerprint density at radius 1 is 1.22 bits per heavy atom. The van der Waals surface area contributed by atoms with Crippen LogP contribution in [0.1, 0.15) is 18.9 Å². The number of halogens is 1. The minimum absolute atomic E-state index is 0.296. The van der Waals surface area contributed by atoms with Gasteiger partial charge in [-0.3, -0.25) is 0 Å². The van der Waals surface area contributed by atoms with Crippen molar-refractivity contribution in [2.24, 2.45) is 0 Å². The van der Waals surface area contributed by atoms with Gasteiger partial charge in [-0.15, -0.1) is 0 Å². The fourth-order valence-corrected chi connectivity index (χ4v) is 3.37. The van der Waals surface area contributed by atoms with Gasteiger partial charge in [-0.2, -0.15) is 5.10 Å². The van der Waals surface area contributed by atoms with E-state index in [4.69, 9.17) is 10.8 Å². The van der Waals surface area contributed by atoms with Gasteiger partial charge >= 0.3 is 0 Å². The highest BCUT2D eigenvalue weighted by molar-refractivity contribution is 9.10. The molecule has 118 valence electrons. The van der Waals surface area contributed by atoms with E-state index < -0.39 is 0 Å². The van der Waals surface area contributed by atoms with Crippen molar-refractivity contribution in [3.63, 3.8) is 0 Å². The summed E-state index contributed by atoms with van der Waals surface area (Å²) in [5, 5.41) is 9.11. The molecule has 1 unspecified atom stereocenters. The standard InChI is InChI=1S/C16H17BrN6/c17-11-5-3-10(4-6-11)14-13-15(18)20-9-21-16(13)23(22-14)12-2-1-7-19-8-12/h3-6,9,12,19H,1-2,7-8H2,(H2,18,20,21). The summed E-state index contributed by atoms with van der Waals surface area (Å²) < 4.78 is 3.04. The van der Waals surface area contributed by atoms with Gasteiger partial charge in [0, 0.05) is 16.6 Å². The number of rotatable bonds is 2. The molecule has 7 heteroatoms. The number of benzene rings is 1. The zero-order valence-electron chi connectivity index (χ0n) is 12.5. The third-order valence-corrected chi connectivity index (χ3v) is 4.78. The SMILES string of the molecule is Nc1ncnc2c1c(-c1ccc(Br)cc1)nn2C1CCCNC1. The van der Waals surface area contributed by atoms with Crippen molar-refractivity contribution in [1.29, 1.82) is 0 Å². The van der Waals surface area contributed by atoms with E-state index in [0.29, 0.717) is 11.9 Å². The predicted molar refractivity (Wildman–Crippen MR) is 94.0 cm³/mol. The molecule has 3 aromatic rings. The molecule has 6 nitrogen and oxygen atoms in total. The lowest BCUT2D eigenvalue weighted by Gasteiger charge is -2.23. The van der Waals surface area contributed by atoms with Crippen molar-refractivity contribution in [1.82, 2.24) is 25.1 Å². The van der Waals surface area contributed by atoms with Gasteiger partial charge in [0.05, 0.1) is 11.4 Å². The number of hydrogen-bond acceptors (Lipinski definition) is 5. The summed E-state index contributed by atoms with van der Waals surface area (Å²) in [4.78, 5) is 8.61. The molecule has 3 heterocycles. The molecule has 23 heavy (non-hydrogen) atoms. The van der Waals surface area contributed by atoms with E-state index in [1.54, 1.807) is 0 Å². The van der Waals surface area contributed by atoms with Crippen molar-refractivity contribution in [3.8, 4) is 11.3 Å². The van der Waals surface area contributed by atoms with Crippen LogP contribution in [0.3, 0.4) is 0 Å². The minimum atomic E-state index is 0.296. The van der Waals surface area contributed by atoms with Crippen molar-refractivity contribution >= 4 is 32.8 Å². The van der Waals surface area contributed by atoms with Crippen LogP contribution in [0.4, 0.5) is 5.82 Å². The first-order valence-corrected chi connectivity index (χ1v) is 8.48. The second-order valence-electron chi connectivity index (χ2n) is 5.76. The first-order chi connectivity index (χ1) is 11.2. The van der Waals surface area contributed by atoms with Gasteiger partial charge in [0.1, 0.15) is 17.8 Å². The fourth-order valence-electron chi connectivity index (χ4n) is 3.10. The van der Waals surface area contributed by atoms with Crippen LogP contribution in [0.15, 0.2) is 35.1 Å². The number of nitrogen functional groups attached to an aromatic ring is 1. The maximum atomic E-state index is 6.14. The highest BCUT2D eigenvalue weighted by Crippen LogP contribution is 2.33. The van der Waals surface area contributed by atoms with E-state index >= 15 is 0 Å². The smallest absolute Gasteiger partial charge is 0.164 e. The number of nitrogens with two attached hydrogens (primary N) is 1. The molecule has 4 rings (SSSR count). The highest BCUT2D eigenvalue weighted by atomic mass is 79.9. The molecule has 0 amide bonds. The molecule has 1 fully saturated rings. The van der Waals surface area contributed by atoms with E-state index in [1.807, 2.05) is 28.9 Å². The summed E-state index contributed by atoms with van der Waals surface area (Å²) in [5.41, 5.74) is 8.81. The van der Waals surface area contributed by atoms with Crippen LogP contribution < -0.4 is 11.1 Å². The highest BCUT2D eigenvalue weighted by Gasteiger charge is 2.23. The van der Waals surface area contributed by atoms with E-state index in [-0.39, 0.29) is 0 Å². The van der Waals surface area contributed by atoms with Crippen LogP contribution in [-0.2, 0) is 0 Å². The monoisotopic (exact) mass is 372 g/mol. The fraction of sp³-hybridized carbons (Fsp3) is 0.312. The first kappa shape index (κ1) is 14.6. The Bertz CT molecular complexity index is 836. The average Bonchev–Trinajstić information content (AvgIpc) is 2.97. The van der Waals surface area contributed by atoms with Gasteiger partial charge in [0.25, 0.3) is 0 Å². The minimum Gasteiger partial charge on any atom is -0.383 e. The number of aromatic nitrogens is 4. The van der Waals surface area contributed by atoms with Crippen LogP contribution >= 0.6 is 15.9 Å². The molecule has 3 N–H and O–H groups in total. The van der Waals surface area contributed by atoms with Crippen molar-refractivity contribution in [2.45, 2.75) is 18.9 Å². The zero-order chi connectivity index (χ0) is 15.8. The lowest BCUT2D eigenvalue weighted by Crippen LogP contribution is -2.32. The second-order valence-corrected chi connectivity index (χ2v) is 6.67. The number of piperidine rings is 1. The molecule has 0 radical (unpaired) electrons. The second kappa shape index (κ2) is 5.90. The van der Waals surface area contributed by atoms with E-state index in [9.17, 15) is 0 Å². The molecule has 0 spiro atoms. The summed E-state index contributed by atoms with van der Waals surface area (Å²) in [6, 6.07) is 8.36. The van der Waals surface area contributed by atoms with Gasteiger partial charge in [-0.25, -0.2) is 14.6 Å². The van der Waals surface area contributed by atoms with Crippen LogP contribution in [0.5, 0.6) is 0 Å². The number of nitrogens with zero attached hydrogens (tertiary/aromatic N) is 4. The molecule has 0 saturated carbocycles. The lowest BCUT2D eigenvalue weighted by atomic mass is 10.1. The van der Waals surface area contributed by atoms with Crippen LogP contribution in [0.25, 0.3) is 22.3 Å². The Kier molecular flexibility index (Phi) is 3.74. The van der Waals surface area contributed by atoms with E-state index in [0.717, 1.165) is 52.7 Å². The predicted octanol–water partition coefficient (Wildman–Crippen LogP) is 2.76. The lowest BCUT2D eigenvalue weighted by molar-refractivity contribution is 0.354. The van der Waals surface area contributed by atoms with Crippen LogP contribution in [0.2, 0.25) is 0 Å². The molecule has 2 aromatic heterocycles. The number of hydrogen-bond donors (Lipinski definition) is 2. The molecular formula is C16H17BrN6.